The molecule has 0 amide bonds. The van der Waals surface area contributed by atoms with Crippen LogP contribution in [-0.2, 0) is 4.79 Å². The minimum atomic E-state index is -1.38. The van der Waals surface area contributed by atoms with E-state index in [-0.39, 0.29) is 11.7 Å². The van der Waals surface area contributed by atoms with Crippen LogP contribution in [0, 0.1) is 0 Å². The molecule has 0 bridgehead atoms. The van der Waals surface area contributed by atoms with E-state index in [0.29, 0.717) is 17.7 Å². The Bertz CT molecular complexity index is 726. The standard InChI is InChI=1S/C18H15BrO3/c1-2-14(12-8-4-3-5-9-12)18(19)16(20)13-10-6-7-11-15(13)22-17(18)21/h3-11,14H,2H2,1H3/t14-,18+/m0/s1. The van der Waals surface area contributed by atoms with E-state index in [9.17, 15) is 9.59 Å². The number of hydrogen-bond acceptors (Lipinski definition) is 3. The Morgan fingerprint density at radius 3 is 2.36 bits per heavy atom. The lowest BCUT2D eigenvalue weighted by Crippen LogP contribution is -2.51. The van der Waals surface area contributed by atoms with Gasteiger partial charge >= 0.3 is 5.97 Å². The highest BCUT2D eigenvalue weighted by Gasteiger charge is 2.54. The van der Waals surface area contributed by atoms with Gasteiger partial charge in [-0.15, -0.1) is 0 Å². The molecule has 0 saturated carbocycles. The predicted octanol–water partition coefficient (Wildman–Crippen LogP) is 4.12. The van der Waals surface area contributed by atoms with Gasteiger partial charge in [-0.05, 0) is 24.1 Å². The normalized spacial score (nSPS) is 21.9. The lowest BCUT2D eigenvalue weighted by molar-refractivity contribution is -0.136. The van der Waals surface area contributed by atoms with Crippen molar-refractivity contribution in [2.45, 2.75) is 23.6 Å². The first-order chi connectivity index (χ1) is 10.6. The highest BCUT2D eigenvalue weighted by atomic mass is 79.9. The number of carbonyl (C=O) groups excluding carboxylic acids is 2. The monoisotopic (exact) mass is 358 g/mol. The number of esters is 1. The van der Waals surface area contributed by atoms with Crippen LogP contribution in [0.15, 0.2) is 54.6 Å². The van der Waals surface area contributed by atoms with E-state index in [1.54, 1.807) is 24.3 Å². The van der Waals surface area contributed by atoms with E-state index in [4.69, 9.17) is 4.74 Å². The fourth-order valence-corrected chi connectivity index (χ4v) is 3.82. The minimum absolute atomic E-state index is 0.241. The molecule has 2 atom stereocenters. The number of fused-ring (bicyclic) bond motifs is 1. The number of hydrogen-bond donors (Lipinski definition) is 0. The van der Waals surface area contributed by atoms with Gasteiger partial charge in [0, 0.05) is 5.92 Å². The first-order valence-electron chi connectivity index (χ1n) is 7.19. The highest BCUT2D eigenvalue weighted by Crippen LogP contribution is 2.45. The van der Waals surface area contributed by atoms with Gasteiger partial charge in [0.25, 0.3) is 0 Å². The molecule has 0 radical (unpaired) electrons. The second-order valence-electron chi connectivity index (χ2n) is 5.30. The molecule has 22 heavy (non-hydrogen) atoms. The molecule has 3 nitrogen and oxygen atoms in total. The van der Waals surface area contributed by atoms with Crippen LogP contribution >= 0.6 is 15.9 Å². The Hall–Kier alpha value is -1.94. The smallest absolute Gasteiger partial charge is 0.337 e. The first kappa shape index (κ1) is 15.0. The number of ether oxygens (including phenoxy) is 1. The van der Waals surface area contributed by atoms with E-state index < -0.39 is 10.3 Å². The highest BCUT2D eigenvalue weighted by molar-refractivity contribution is 9.10. The van der Waals surface area contributed by atoms with Gasteiger partial charge in [0.1, 0.15) is 5.75 Å². The maximum atomic E-state index is 13.0. The number of carbonyl (C=O) groups is 2. The van der Waals surface area contributed by atoms with E-state index in [1.807, 2.05) is 37.3 Å². The Kier molecular flexibility index (Phi) is 3.87. The molecule has 0 aromatic heterocycles. The molecule has 4 heteroatoms. The van der Waals surface area contributed by atoms with Crippen molar-refractivity contribution >= 4 is 27.7 Å². The minimum Gasteiger partial charge on any atom is -0.424 e. The van der Waals surface area contributed by atoms with Gasteiger partial charge in [0.05, 0.1) is 5.56 Å². The van der Waals surface area contributed by atoms with Crippen molar-refractivity contribution in [2.24, 2.45) is 0 Å². The van der Waals surface area contributed by atoms with Crippen molar-refractivity contribution < 1.29 is 14.3 Å². The molecule has 0 aliphatic carbocycles. The quantitative estimate of drug-likeness (QED) is 0.358. The van der Waals surface area contributed by atoms with Crippen molar-refractivity contribution in [1.82, 2.24) is 0 Å². The number of rotatable bonds is 3. The van der Waals surface area contributed by atoms with Gasteiger partial charge in [-0.3, -0.25) is 4.79 Å². The zero-order chi connectivity index (χ0) is 15.7. The second-order valence-corrected chi connectivity index (χ2v) is 6.55. The molecule has 0 unspecified atom stereocenters. The molecular formula is C18H15BrO3. The van der Waals surface area contributed by atoms with E-state index in [0.717, 1.165) is 5.56 Å². The van der Waals surface area contributed by atoms with Gasteiger partial charge in [-0.2, -0.15) is 0 Å². The third-order valence-corrected chi connectivity index (χ3v) is 5.29. The van der Waals surface area contributed by atoms with Crippen LogP contribution in [0.25, 0.3) is 0 Å². The van der Waals surface area contributed by atoms with Crippen LogP contribution in [0.5, 0.6) is 5.75 Å². The topological polar surface area (TPSA) is 43.4 Å². The van der Waals surface area contributed by atoms with Gasteiger partial charge in [0.2, 0.25) is 0 Å². The Balaban J connectivity index is 2.12. The summed E-state index contributed by atoms with van der Waals surface area (Å²) in [5.74, 6) is -0.750. The van der Waals surface area contributed by atoms with Crippen LogP contribution in [0.4, 0.5) is 0 Å². The van der Waals surface area contributed by atoms with Gasteiger partial charge in [-0.1, -0.05) is 65.3 Å². The molecule has 1 aliphatic heterocycles. The molecule has 1 aliphatic rings. The van der Waals surface area contributed by atoms with Crippen LogP contribution in [0.3, 0.4) is 0 Å². The zero-order valence-electron chi connectivity index (χ0n) is 12.1. The average Bonchev–Trinajstić information content (AvgIpc) is 2.55. The first-order valence-corrected chi connectivity index (χ1v) is 7.98. The van der Waals surface area contributed by atoms with Crippen LogP contribution in [0.1, 0.15) is 35.2 Å². The summed E-state index contributed by atoms with van der Waals surface area (Å²) in [7, 11) is 0. The Morgan fingerprint density at radius 2 is 1.68 bits per heavy atom. The van der Waals surface area contributed by atoms with E-state index in [1.165, 1.54) is 0 Å². The lowest BCUT2D eigenvalue weighted by Gasteiger charge is -2.35. The summed E-state index contributed by atoms with van der Waals surface area (Å²) in [6.07, 6.45) is 0.637. The molecule has 0 saturated heterocycles. The summed E-state index contributed by atoms with van der Waals surface area (Å²) in [5, 5.41) is 0. The number of halogens is 1. The largest absolute Gasteiger partial charge is 0.424 e. The summed E-state index contributed by atoms with van der Waals surface area (Å²) < 4.78 is 4.04. The molecule has 1 heterocycles. The zero-order valence-corrected chi connectivity index (χ0v) is 13.7. The lowest BCUT2D eigenvalue weighted by atomic mass is 9.78. The van der Waals surface area contributed by atoms with Crippen molar-refractivity contribution in [3.8, 4) is 5.75 Å². The SMILES string of the molecule is CC[C@@H](c1ccccc1)[C@]1(Br)C(=O)Oc2ccccc2C1=O. The Morgan fingerprint density at radius 1 is 1.05 bits per heavy atom. The van der Waals surface area contributed by atoms with Crippen molar-refractivity contribution in [3.05, 3.63) is 65.7 Å². The Labute approximate surface area is 137 Å². The van der Waals surface area contributed by atoms with Gasteiger partial charge in [0.15, 0.2) is 10.1 Å². The average molecular weight is 359 g/mol. The summed E-state index contributed by atoms with van der Waals surface area (Å²) in [6.45, 7) is 1.96. The van der Waals surface area contributed by atoms with Crippen LogP contribution in [-0.4, -0.2) is 16.1 Å². The number of benzene rings is 2. The fraction of sp³-hybridized carbons (Fsp3) is 0.222. The summed E-state index contributed by atoms with van der Waals surface area (Å²) in [5.41, 5.74) is 1.37. The second kappa shape index (κ2) is 5.69. The maximum Gasteiger partial charge on any atom is 0.337 e. The maximum absolute atomic E-state index is 13.0. The van der Waals surface area contributed by atoms with Crippen LogP contribution in [0.2, 0.25) is 0 Å². The molecule has 112 valence electrons. The molecule has 0 fully saturated rings. The number of alkyl halides is 1. The molecule has 2 aromatic rings. The number of ketones is 1. The summed E-state index contributed by atoms with van der Waals surface area (Å²) >= 11 is 3.44. The third kappa shape index (κ3) is 2.18. The molecule has 0 spiro atoms. The molecule has 3 rings (SSSR count). The predicted molar refractivity (Wildman–Crippen MR) is 87.5 cm³/mol. The molecule has 0 N–H and O–H groups in total. The van der Waals surface area contributed by atoms with E-state index in [2.05, 4.69) is 15.9 Å². The van der Waals surface area contributed by atoms with Crippen molar-refractivity contribution in [2.75, 3.05) is 0 Å². The fourth-order valence-electron chi connectivity index (χ4n) is 2.94. The molecule has 2 aromatic carbocycles. The number of Topliss-reactive ketones (excluding diaryl/α,β-unsaturated/α-hetero) is 1. The summed E-state index contributed by atoms with van der Waals surface area (Å²) in [4.78, 5) is 25.5. The van der Waals surface area contributed by atoms with E-state index >= 15 is 0 Å². The summed E-state index contributed by atoms with van der Waals surface area (Å²) in [6, 6.07) is 16.4. The molecular weight excluding hydrogens is 344 g/mol. The van der Waals surface area contributed by atoms with Crippen molar-refractivity contribution in [3.63, 3.8) is 0 Å². The van der Waals surface area contributed by atoms with Gasteiger partial charge in [-0.25, -0.2) is 4.79 Å². The third-order valence-electron chi connectivity index (χ3n) is 4.05. The van der Waals surface area contributed by atoms with Crippen LogP contribution < -0.4 is 4.74 Å². The number of para-hydroxylation sites is 1. The van der Waals surface area contributed by atoms with Crippen molar-refractivity contribution in [1.29, 1.82) is 0 Å². The van der Waals surface area contributed by atoms with Gasteiger partial charge < -0.3 is 4.74 Å².